The molecule has 156 valence electrons. The van der Waals surface area contributed by atoms with E-state index >= 15 is 0 Å². The lowest BCUT2D eigenvalue weighted by atomic mass is 10.1. The molecular weight excluding hydrogens is 414 g/mol. The van der Waals surface area contributed by atoms with Gasteiger partial charge < -0.3 is 10.1 Å². The van der Waals surface area contributed by atoms with E-state index in [4.69, 9.17) is 16.3 Å². The average molecular weight is 434 g/mol. The topological polar surface area (TPSA) is 73.2 Å². The zero-order valence-electron chi connectivity index (χ0n) is 17.1. The lowest BCUT2D eigenvalue weighted by Gasteiger charge is -2.14. The van der Waals surface area contributed by atoms with Gasteiger partial charge in [0.15, 0.2) is 0 Å². The Bertz CT molecular complexity index is 1330. The van der Waals surface area contributed by atoms with Crippen LogP contribution in [0.5, 0.6) is 5.75 Å². The molecule has 0 unspecified atom stereocenters. The van der Waals surface area contributed by atoms with Gasteiger partial charge in [-0.1, -0.05) is 35.9 Å². The number of carbonyl (C=O) groups is 1. The number of hydrogen-bond acceptors (Lipinski definition) is 4. The zero-order valence-corrected chi connectivity index (χ0v) is 17.8. The van der Waals surface area contributed by atoms with Gasteiger partial charge in [0.1, 0.15) is 11.6 Å². The third-order valence-corrected chi connectivity index (χ3v) is 5.28. The van der Waals surface area contributed by atoms with Crippen LogP contribution in [0.3, 0.4) is 0 Å². The van der Waals surface area contributed by atoms with E-state index in [0.29, 0.717) is 33.1 Å². The number of aryl methyl sites for hydroxylation is 1. The van der Waals surface area contributed by atoms with Gasteiger partial charge in [-0.05, 0) is 55.0 Å². The van der Waals surface area contributed by atoms with Crippen molar-refractivity contribution < 1.29 is 9.53 Å². The molecule has 7 heteroatoms. The standard InChI is InChI=1S/C24H20ClN3O3/c1-15-26-21-6-4-3-5-19(21)24(30)28(15)17-9-12-20(25)22(14-17)27-23(29)13-16-7-10-18(31-2)11-8-16/h3-12,14H,13H2,1-2H3,(H,27,29). The van der Waals surface area contributed by atoms with E-state index in [1.807, 2.05) is 18.2 Å². The van der Waals surface area contributed by atoms with Gasteiger partial charge in [0, 0.05) is 0 Å². The first kappa shape index (κ1) is 20.6. The number of para-hydroxylation sites is 1. The molecule has 0 bridgehead atoms. The number of halogens is 1. The van der Waals surface area contributed by atoms with Crippen molar-refractivity contribution in [2.24, 2.45) is 0 Å². The molecule has 0 fully saturated rings. The number of nitrogens with zero attached hydrogens (tertiary/aromatic N) is 2. The Balaban J connectivity index is 1.64. The van der Waals surface area contributed by atoms with Crippen LogP contribution in [0.15, 0.2) is 71.5 Å². The second-order valence-electron chi connectivity index (χ2n) is 7.05. The number of rotatable bonds is 5. The Labute approximate surface area is 184 Å². The summed E-state index contributed by atoms with van der Waals surface area (Å²) in [6.45, 7) is 1.77. The van der Waals surface area contributed by atoms with E-state index in [1.54, 1.807) is 62.6 Å². The monoisotopic (exact) mass is 433 g/mol. The number of ether oxygens (including phenoxy) is 1. The summed E-state index contributed by atoms with van der Waals surface area (Å²) < 4.78 is 6.65. The highest BCUT2D eigenvalue weighted by molar-refractivity contribution is 6.33. The van der Waals surface area contributed by atoms with E-state index in [0.717, 1.165) is 11.3 Å². The smallest absolute Gasteiger partial charge is 0.265 e. The molecule has 0 spiro atoms. The predicted molar refractivity (Wildman–Crippen MR) is 122 cm³/mol. The van der Waals surface area contributed by atoms with Gasteiger partial charge in [-0.25, -0.2) is 4.98 Å². The van der Waals surface area contributed by atoms with Gasteiger partial charge in [-0.3, -0.25) is 14.2 Å². The first-order chi connectivity index (χ1) is 15.0. The second kappa shape index (κ2) is 8.62. The number of fused-ring (bicyclic) bond motifs is 1. The number of amides is 1. The number of aromatic nitrogens is 2. The molecule has 0 aliphatic heterocycles. The molecule has 0 saturated heterocycles. The number of benzene rings is 3. The molecule has 1 heterocycles. The van der Waals surface area contributed by atoms with Crippen LogP contribution in [0.2, 0.25) is 5.02 Å². The summed E-state index contributed by atoms with van der Waals surface area (Å²) in [7, 11) is 1.59. The summed E-state index contributed by atoms with van der Waals surface area (Å²) in [6.07, 6.45) is 0.182. The normalized spacial score (nSPS) is 10.8. The van der Waals surface area contributed by atoms with Crippen LogP contribution >= 0.6 is 11.6 Å². The average Bonchev–Trinajstić information content (AvgIpc) is 2.76. The predicted octanol–water partition coefficient (Wildman–Crippen LogP) is 4.54. The van der Waals surface area contributed by atoms with Crippen LogP contribution in [-0.2, 0) is 11.2 Å². The molecule has 3 aromatic carbocycles. The fourth-order valence-corrected chi connectivity index (χ4v) is 3.58. The van der Waals surface area contributed by atoms with E-state index in [-0.39, 0.29) is 17.9 Å². The van der Waals surface area contributed by atoms with E-state index in [2.05, 4.69) is 10.3 Å². The van der Waals surface area contributed by atoms with Crippen LogP contribution in [0, 0.1) is 6.92 Å². The summed E-state index contributed by atoms with van der Waals surface area (Å²) >= 11 is 6.31. The van der Waals surface area contributed by atoms with Crippen molar-refractivity contribution >= 4 is 34.1 Å². The van der Waals surface area contributed by atoms with Crippen molar-refractivity contribution in [3.05, 3.63) is 93.5 Å². The third-order valence-electron chi connectivity index (χ3n) is 4.95. The van der Waals surface area contributed by atoms with Crippen LogP contribution in [0.25, 0.3) is 16.6 Å². The molecular formula is C24H20ClN3O3. The van der Waals surface area contributed by atoms with Gasteiger partial charge in [0.05, 0.1) is 40.8 Å². The van der Waals surface area contributed by atoms with Crippen LogP contribution in [0.1, 0.15) is 11.4 Å². The Morgan fingerprint density at radius 3 is 2.58 bits per heavy atom. The molecule has 0 radical (unpaired) electrons. The maximum Gasteiger partial charge on any atom is 0.265 e. The van der Waals surface area contributed by atoms with Crippen molar-refractivity contribution in [3.8, 4) is 11.4 Å². The number of hydrogen-bond donors (Lipinski definition) is 1. The highest BCUT2D eigenvalue weighted by Gasteiger charge is 2.13. The molecule has 1 amide bonds. The van der Waals surface area contributed by atoms with Crippen LogP contribution < -0.4 is 15.6 Å². The number of nitrogens with one attached hydrogen (secondary N) is 1. The highest BCUT2D eigenvalue weighted by atomic mass is 35.5. The Kier molecular flexibility index (Phi) is 5.73. The van der Waals surface area contributed by atoms with Crippen molar-refractivity contribution in [1.82, 2.24) is 9.55 Å². The lowest BCUT2D eigenvalue weighted by molar-refractivity contribution is -0.115. The minimum atomic E-state index is -0.218. The number of methoxy groups -OCH3 is 1. The van der Waals surface area contributed by atoms with Crippen molar-refractivity contribution in [2.45, 2.75) is 13.3 Å². The minimum Gasteiger partial charge on any atom is -0.497 e. The summed E-state index contributed by atoms with van der Waals surface area (Å²) in [5.41, 5.74) is 2.31. The van der Waals surface area contributed by atoms with Crippen molar-refractivity contribution in [3.63, 3.8) is 0 Å². The molecule has 4 aromatic rings. The van der Waals surface area contributed by atoms with Gasteiger partial charge in [-0.15, -0.1) is 0 Å². The summed E-state index contributed by atoms with van der Waals surface area (Å²) in [5, 5.41) is 3.74. The number of anilines is 1. The SMILES string of the molecule is COc1ccc(CC(=O)Nc2cc(-n3c(C)nc4ccccc4c3=O)ccc2Cl)cc1. The minimum absolute atomic E-state index is 0.180. The number of carbonyl (C=O) groups excluding carboxylic acids is 1. The Morgan fingerprint density at radius 2 is 1.84 bits per heavy atom. The van der Waals surface area contributed by atoms with E-state index < -0.39 is 0 Å². The summed E-state index contributed by atoms with van der Waals surface area (Å²) in [6, 6.07) is 19.5. The maximum absolute atomic E-state index is 13.1. The van der Waals surface area contributed by atoms with Gasteiger partial charge in [0.2, 0.25) is 5.91 Å². The van der Waals surface area contributed by atoms with E-state index in [9.17, 15) is 9.59 Å². The molecule has 4 rings (SSSR count). The quantitative estimate of drug-likeness (QED) is 0.501. The van der Waals surface area contributed by atoms with Gasteiger partial charge in [-0.2, -0.15) is 0 Å². The summed E-state index contributed by atoms with van der Waals surface area (Å²) in [5.74, 6) is 1.05. The van der Waals surface area contributed by atoms with Crippen molar-refractivity contribution in [1.29, 1.82) is 0 Å². The second-order valence-corrected chi connectivity index (χ2v) is 7.46. The van der Waals surface area contributed by atoms with Crippen LogP contribution in [-0.4, -0.2) is 22.6 Å². The molecule has 0 atom stereocenters. The molecule has 1 N–H and O–H groups in total. The molecule has 0 saturated carbocycles. The zero-order chi connectivity index (χ0) is 22.0. The Hall–Kier alpha value is -3.64. The van der Waals surface area contributed by atoms with Gasteiger partial charge in [0.25, 0.3) is 5.56 Å². The van der Waals surface area contributed by atoms with Gasteiger partial charge >= 0.3 is 0 Å². The van der Waals surface area contributed by atoms with E-state index in [1.165, 1.54) is 4.57 Å². The largest absolute Gasteiger partial charge is 0.497 e. The fraction of sp³-hybridized carbons (Fsp3) is 0.125. The highest BCUT2D eigenvalue weighted by Crippen LogP contribution is 2.25. The van der Waals surface area contributed by atoms with Crippen molar-refractivity contribution in [2.75, 3.05) is 12.4 Å². The first-order valence-electron chi connectivity index (χ1n) is 9.67. The Morgan fingerprint density at radius 1 is 1.10 bits per heavy atom. The maximum atomic E-state index is 13.1. The lowest BCUT2D eigenvalue weighted by Crippen LogP contribution is -2.22. The first-order valence-corrected chi connectivity index (χ1v) is 10.0. The fourth-order valence-electron chi connectivity index (χ4n) is 3.42. The summed E-state index contributed by atoms with van der Waals surface area (Å²) in [4.78, 5) is 30.1. The molecule has 31 heavy (non-hydrogen) atoms. The molecule has 1 aromatic heterocycles. The molecule has 0 aliphatic rings. The third kappa shape index (κ3) is 4.29. The van der Waals surface area contributed by atoms with Crippen LogP contribution in [0.4, 0.5) is 5.69 Å². The molecule has 6 nitrogen and oxygen atoms in total. The molecule has 0 aliphatic carbocycles.